The number of halogens is 2. The molecule has 0 aliphatic carbocycles. The molecule has 0 aromatic heterocycles. The number of ether oxygens (including phenoxy) is 2. The van der Waals surface area contributed by atoms with Gasteiger partial charge in [0.15, 0.2) is 6.29 Å². The van der Waals surface area contributed by atoms with Crippen molar-refractivity contribution in [1.29, 1.82) is 0 Å². The van der Waals surface area contributed by atoms with Crippen molar-refractivity contribution in [3.63, 3.8) is 0 Å². The zero-order chi connectivity index (χ0) is 19.9. The Morgan fingerprint density at radius 3 is 2.14 bits per heavy atom. The molecule has 0 unspecified atom stereocenters. The van der Waals surface area contributed by atoms with Gasteiger partial charge >= 0.3 is 0 Å². The molecule has 0 saturated carbocycles. The Morgan fingerprint density at radius 1 is 0.893 bits per heavy atom. The molecule has 1 aliphatic rings. The van der Waals surface area contributed by atoms with E-state index in [1.807, 2.05) is 24.3 Å². The highest BCUT2D eigenvalue weighted by molar-refractivity contribution is 5.64. The predicted molar refractivity (Wildman–Crippen MR) is 108 cm³/mol. The van der Waals surface area contributed by atoms with Crippen LogP contribution in [0.1, 0.15) is 50.2 Å². The summed E-state index contributed by atoms with van der Waals surface area (Å²) in [6.45, 7) is 5.24. The fourth-order valence-corrected chi connectivity index (χ4v) is 3.56. The minimum atomic E-state index is -0.515. The number of benzene rings is 2. The molecule has 28 heavy (non-hydrogen) atoms. The Bertz CT molecular complexity index is 727. The number of aryl methyl sites for hydroxylation is 1. The van der Waals surface area contributed by atoms with Crippen molar-refractivity contribution in [2.24, 2.45) is 5.92 Å². The summed E-state index contributed by atoms with van der Waals surface area (Å²) in [4.78, 5) is 0. The number of unbranched alkanes of at least 4 members (excludes halogenated alkanes) is 2. The maximum atomic E-state index is 13.8. The molecule has 2 aromatic carbocycles. The summed E-state index contributed by atoms with van der Waals surface area (Å²) >= 11 is 0. The van der Waals surface area contributed by atoms with E-state index in [-0.39, 0.29) is 11.9 Å². The van der Waals surface area contributed by atoms with Crippen molar-refractivity contribution in [3.8, 4) is 11.1 Å². The Balaban J connectivity index is 1.48. The van der Waals surface area contributed by atoms with Crippen LogP contribution in [0.25, 0.3) is 11.1 Å². The van der Waals surface area contributed by atoms with Gasteiger partial charge in [0.25, 0.3) is 0 Å². The maximum absolute atomic E-state index is 13.8. The fraction of sp³-hybridized carbons (Fsp3) is 0.500. The van der Waals surface area contributed by atoms with Crippen molar-refractivity contribution < 1.29 is 18.3 Å². The van der Waals surface area contributed by atoms with E-state index < -0.39 is 11.6 Å². The van der Waals surface area contributed by atoms with Gasteiger partial charge < -0.3 is 9.47 Å². The molecule has 152 valence electrons. The zero-order valence-electron chi connectivity index (χ0n) is 16.8. The lowest BCUT2D eigenvalue weighted by atomic mass is 10.00. The average molecular weight is 388 g/mol. The molecule has 3 rings (SSSR count). The summed E-state index contributed by atoms with van der Waals surface area (Å²) in [5.74, 6) is -0.505. The molecule has 0 atom stereocenters. The van der Waals surface area contributed by atoms with Crippen LogP contribution >= 0.6 is 0 Å². The van der Waals surface area contributed by atoms with Crippen molar-refractivity contribution in [1.82, 2.24) is 0 Å². The predicted octanol–water partition coefficient (Wildman–Crippen LogP) is 6.44. The molecule has 1 saturated heterocycles. The Kier molecular flexibility index (Phi) is 7.57. The van der Waals surface area contributed by atoms with Crippen LogP contribution in [0.4, 0.5) is 8.78 Å². The number of hydrogen-bond acceptors (Lipinski definition) is 2. The highest BCUT2D eigenvalue weighted by Gasteiger charge is 2.21. The molecule has 0 amide bonds. The van der Waals surface area contributed by atoms with Crippen molar-refractivity contribution >= 4 is 0 Å². The van der Waals surface area contributed by atoms with Gasteiger partial charge in [0, 0.05) is 17.9 Å². The third-order valence-electron chi connectivity index (χ3n) is 5.49. The van der Waals surface area contributed by atoms with Crippen LogP contribution in [-0.4, -0.2) is 19.5 Å². The van der Waals surface area contributed by atoms with E-state index in [1.54, 1.807) is 0 Å². The first-order valence-corrected chi connectivity index (χ1v) is 10.3. The summed E-state index contributed by atoms with van der Waals surface area (Å²) in [7, 11) is 0. The van der Waals surface area contributed by atoms with Crippen LogP contribution in [0.15, 0.2) is 36.4 Å². The van der Waals surface area contributed by atoms with E-state index in [2.05, 4.69) is 6.92 Å². The molecular weight excluding hydrogens is 358 g/mol. The Morgan fingerprint density at radius 2 is 1.54 bits per heavy atom. The first-order valence-electron chi connectivity index (χ1n) is 10.3. The summed E-state index contributed by atoms with van der Waals surface area (Å²) < 4.78 is 39.3. The van der Waals surface area contributed by atoms with Gasteiger partial charge in [-0.3, -0.25) is 0 Å². The quantitative estimate of drug-likeness (QED) is 0.484. The van der Waals surface area contributed by atoms with Gasteiger partial charge in [-0.2, -0.15) is 0 Å². The molecule has 0 spiro atoms. The maximum Gasteiger partial charge on any atom is 0.157 e. The fourth-order valence-electron chi connectivity index (χ4n) is 3.56. The van der Waals surface area contributed by atoms with E-state index in [0.29, 0.717) is 11.5 Å². The molecule has 2 aromatic rings. The normalized spacial score (nSPS) is 19.7. The molecule has 1 fully saturated rings. The third kappa shape index (κ3) is 5.62. The lowest BCUT2D eigenvalue weighted by Crippen LogP contribution is -2.32. The van der Waals surface area contributed by atoms with Crippen LogP contribution in [0, 0.1) is 24.5 Å². The van der Waals surface area contributed by atoms with Gasteiger partial charge in [-0.05, 0) is 48.6 Å². The first-order chi connectivity index (χ1) is 13.6. The molecule has 1 heterocycles. The number of rotatable bonds is 8. The topological polar surface area (TPSA) is 18.5 Å². The van der Waals surface area contributed by atoms with Crippen molar-refractivity contribution in [3.05, 3.63) is 59.2 Å². The van der Waals surface area contributed by atoms with E-state index in [1.165, 1.54) is 44.7 Å². The second kappa shape index (κ2) is 10.1. The SMILES string of the molecule is CCCCCC1COC(CCc2ccc(-c3cc(F)c(C)c(F)c3)cc2)OC1. The summed E-state index contributed by atoms with van der Waals surface area (Å²) in [5, 5.41) is 0. The van der Waals surface area contributed by atoms with Gasteiger partial charge in [0.05, 0.1) is 13.2 Å². The van der Waals surface area contributed by atoms with Crippen LogP contribution in [0.3, 0.4) is 0 Å². The van der Waals surface area contributed by atoms with Gasteiger partial charge in [-0.15, -0.1) is 0 Å². The van der Waals surface area contributed by atoms with Crippen molar-refractivity contribution in [2.75, 3.05) is 13.2 Å². The van der Waals surface area contributed by atoms with E-state index >= 15 is 0 Å². The van der Waals surface area contributed by atoms with Crippen LogP contribution in [0.5, 0.6) is 0 Å². The van der Waals surface area contributed by atoms with E-state index in [9.17, 15) is 8.78 Å². The molecular formula is C24H30F2O2. The smallest absolute Gasteiger partial charge is 0.157 e. The van der Waals surface area contributed by atoms with Crippen LogP contribution in [-0.2, 0) is 15.9 Å². The Labute approximate surface area is 166 Å². The second-order valence-electron chi connectivity index (χ2n) is 7.76. The summed E-state index contributed by atoms with van der Waals surface area (Å²) in [6.07, 6.45) is 6.47. The minimum absolute atomic E-state index is 0.0560. The highest BCUT2D eigenvalue weighted by atomic mass is 19.1. The van der Waals surface area contributed by atoms with Gasteiger partial charge in [-0.1, -0.05) is 50.5 Å². The lowest BCUT2D eigenvalue weighted by Gasteiger charge is -2.29. The average Bonchev–Trinajstić information content (AvgIpc) is 2.71. The first kappa shape index (κ1) is 20.9. The molecule has 0 radical (unpaired) electrons. The third-order valence-corrected chi connectivity index (χ3v) is 5.49. The molecule has 2 nitrogen and oxygen atoms in total. The molecule has 1 aliphatic heterocycles. The molecule has 4 heteroatoms. The largest absolute Gasteiger partial charge is 0.352 e. The van der Waals surface area contributed by atoms with Crippen molar-refractivity contribution in [2.45, 2.75) is 58.7 Å². The van der Waals surface area contributed by atoms with E-state index in [4.69, 9.17) is 9.47 Å². The van der Waals surface area contributed by atoms with Crippen LogP contribution in [0.2, 0.25) is 0 Å². The lowest BCUT2D eigenvalue weighted by molar-refractivity contribution is -0.203. The zero-order valence-corrected chi connectivity index (χ0v) is 16.8. The summed E-state index contributed by atoms with van der Waals surface area (Å²) in [6, 6.07) is 10.6. The Hall–Kier alpha value is -1.78. The second-order valence-corrected chi connectivity index (χ2v) is 7.76. The standard InChI is InChI=1S/C24H30F2O2/c1-3-4-5-6-19-15-27-24(28-16-19)12-9-18-7-10-20(11-8-18)21-13-22(25)17(2)23(26)14-21/h7-8,10-11,13-14,19,24H,3-6,9,12,15-16H2,1-2H3. The van der Waals surface area contributed by atoms with Gasteiger partial charge in [0.1, 0.15) is 11.6 Å². The summed E-state index contributed by atoms with van der Waals surface area (Å²) in [5.41, 5.74) is 2.58. The molecule has 0 bridgehead atoms. The minimum Gasteiger partial charge on any atom is -0.352 e. The highest BCUT2D eigenvalue weighted by Crippen LogP contribution is 2.25. The molecule has 0 N–H and O–H groups in total. The van der Waals surface area contributed by atoms with Gasteiger partial charge in [-0.25, -0.2) is 8.78 Å². The number of hydrogen-bond donors (Lipinski definition) is 0. The van der Waals surface area contributed by atoms with Gasteiger partial charge in [0.2, 0.25) is 0 Å². The van der Waals surface area contributed by atoms with Crippen LogP contribution < -0.4 is 0 Å². The van der Waals surface area contributed by atoms with E-state index in [0.717, 1.165) is 37.2 Å². The monoisotopic (exact) mass is 388 g/mol.